The average molecular weight is 381 g/mol. The van der Waals surface area contributed by atoms with Crippen LogP contribution in [-0.2, 0) is 0 Å². The van der Waals surface area contributed by atoms with Crippen molar-refractivity contribution in [3.05, 3.63) is 50.3 Å². The standard InChI is InChI=1S/C17H20N4O4.ClH/c1-17(2)9-20(6-5-14(17)18)16(23)12-8-15(22)19-13-4-3-10(21(24)25)7-11(12)13;/h3-4,7-8,14H,5-6,9,18H2,1-2H3,(H,19,22);1H. The van der Waals surface area contributed by atoms with Crippen LogP contribution in [0, 0.1) is 15.5 Å². The van der Waals surface area contributed by atoms with Gasteiger partial charge in [-0.1, -0.05) is 13.8 Å². The first-order valence-electron chi connectivity index (χ1n) is 8.05. The van der Waals surface area contributed by atoms with E-state index >= 15 is 0 Å². The highest BCUT2D eigenvalue weighted by Gasteiger charge is 2.36. The third kappa shape index (κ3) is 3.56. The van der Waals surface area contributed by atoms with Crippen molar-refractivity contribution in [1.82, 2.24) is 9.88 Å². The first-order valence-corrected chi connectivity index (χ1v) is 8.05. The fraction of sp³-hybridized carbons (Fsp3) is 0.412. The van der Waals surface area contributed by atoms with Gasteiger partial charge in [-0.2, -0.15) is 0 Å². The molecule has 8 nitrogen and oxygen atoms in total. The number of non-ortho nitro benzene ring substituents is 1. The van der Waals surface area contributed by atoms with E-state index < -0.39 is 10.5 Å². The Morgan fingerprint density at radius 3 is 2.69 bits per heavy atom. The number of nitrogens with one attached hydrogen (secondary N) is 1. The van der Waals surface area contributed by atoms with Gasteiger partial charge < -0.3 is 15.6 Å². The Kier molecular flexibility index (Phi) is 5.39. The van der Waals surface area contributed by atoms with Crippen LogP contribution in [-0.4, -0.2) is 39.8 Å². The van der Waals surface area contributed by atoms with Gasteiger partial charge in [-0.15, -0.1) is 12.4 Å². The Bertz CT molecular complexity index is 925. The van der Waals surface area contributed by atoms with Crippen molar-refractivity contribution in [3.63, 3.8) is 0 Å². The SMILES string of the molecule is CC1(C)CN(C(=O)c2cc(=O)[nH]c3ccc([N+](=O)[O-])cc23)CCC1N.Cl. The summed E-state index contributed by atoms with van der Waals surface area (Å²) in [6, 6.07) is 5.26. The van der Waals surface area contributed by atoms with E-state index in [1.165, 1.54) is 24.3 Å². The number of halogens is 1. The number of carbonyl (C=O) groups is 1. The molecule has 0 saturated carbocycles. The molecule has 26 heavy (non-hydrogen) atoms. The average Bonchev–Trinajstić information content (AvgIpc) is 2.55. The molecule has 1 aromatic carbocycles. The summed E-state index contributed by atoms with van der Waals surface area (Å²) in [6.07, 6.45) is 0.667. The summed E-state index contributed by atoms with van der Waals surface area (Å²) >= 11 is 0. The summed E-state index contributed by atoms with van der Waals surface area (Å²) in [5.41, 5.74) is 5.90. The number of rotatable bonds is 2. The molecule has 140 valence electrons. The molecule has 2 aromatic rings. The van der Waals surface area contributed by atoms with Gasteiger partial charge in [0.1, 0.15) is 0 Å². The van der Waals surface area contributed by atoms with E-state index in [1.54, 1.807) is 4.90 Å². The lowest BCUT2D eigenvalue weighted by atomic mass is 9.79. The predicted molar refractivity (Wildman–Crippen MR) is 101 cm³/mol. The molecule has 0 aliphatic carbocycles. The van der Waals surface area contributed by atoms with Crippen molar-refractivity contribution in [1.29, 1.82) is 0 Å². The second-order valence-electron chi connectivity index (χ2n) is 7.14. The fourth-order valence-electron chi connectivity index (χ4n) is 3.25. The fourth-order valence-corrected chi connectivity index (χ4v) is 3.25. The summed E-state index contributed by atoms with van der Waals surface area (Å²) in [7, 11) is 0. The number of nitrogens with zero attached hydrogens (tertiary/aromatic N) is 2. The molecule has 9 heteroatoms. The zero-order chi connectivity index (χ0) is 18.4. The lowest BCUT2D eigenvalue weighted by Gasteiger charge is -2.42. The molecule has 1 aliphatic heterocycles. The van der Waals surface area contributed by atoms with Crippen LogP contribution in [0.4, 0.5) is 5.69 Å². The van der Waals surface area contributed by atoms with E-state index in [4.69, 9.17) is 5.73 Å². The van der Waals surface area contributed by atoms with Crippen LogP contribution in [0.25, 0.3) is 10.9 Å². The maximum atomic E-state index is 13.0. The molecule has 1 atom stereocenters. The number of H-pyrrole nitrogens is 1. The molecule has 1 aliphatic rings. The van der Waals surface area contributed by atoms with Crippen molar-refractivity contribution in [2.45, 2.75) is 26.3 Å². The topological polar surface area (TPSA) is 122 Å². The normalized spacial score (nSPS) is 19.0. The van der Waals surface area contributed by atoms with Crippen molar-refractivity contribution in [3.8, 4) is 0 Å². The Morgan fingerprint density at radius 2 is 2.08 bits per heavy atom. The zero-order valence-electron chi connectivity index (χ0n) is 14.5. The van der Waals surface area contributed by atoms with Crippen LogP contribution in [0.2, 0.25) is 0 Å². The van der Waals surface area contributed by atoms with Gasteiger partial charge >= 0.3 is 0 Å². The number of benzene rings is 1. The zero-order valence-corrected chi connectivity index (χ0v) is 15.3. The quantitative estimate of drug-likeness (QED) is 0.609. The van der Waals surface area contributed by atoms with Crippen molar-refractivity contribution in [2.24, 2.45) is 11.1 Å². The number of pyridine rings is 1. The molecule has 1 fully saturated rings. The number of fused-ring (bicyclic) bond motifs is 1. The second-order valence-corrected chi connectivity index (χ2v) is 7.14. The van der Waals surface area contributed by atoms with Crippen molar-refractivity contribution >= 4 is 34.9 Å². The van der Waals surface area contributed by atoms with Gasteiger partial charge in [0.2, 0.25) is 5.56 Å². The minimum absolute atomic E-state index is 0. The van der Waals surface area contributed by atoms with Crippen LogP contribution < -0.4 is 11.3 Å². The van der Waals surface area contributed by atoms with Crippen LogP contribution in [0.3, 0.4) is 0 Å². The third-order valence-corrected chi connectivity index (χ3v) is 4.87. The number of nitro benzene ring substituents is 1. The monoisotopic (exact) mass is 380 g/mol. The van der Waals surface area contributed by atoms with E-state index in [0.717, 1.165) is 0 Å². The van der Waals surface area contributed by atoms with E-state index in [2.05, 4.69) is 4.98 Å². The molecule has 3 rings (SSSR count). The first kappa shape index (κ1) is 19.9. The smallest absolute Gasteiger partial charge is 0.270 e. The Hall–Kier alpha value is -2.45. The molecule has 3 N–H and O–H groups in total. The number of likely N-dealkylation sites (tertiary alicyclic amines) is 1. The van der Waals surface area contributed by atoms with Gasteiger partial charge in [-0.25, -0.2) is 0 Å². The van der Waals surface area contributed by atoms with Crippen LogP contribution in [0.1, 0.15) is 30.6 Å². The minimum atomic E-state index is -0.526. The highest BCUT2D eigenvalue weighted by Crippen LogP contribution is 2.30. The first-order chi connectivity index (χ1) is 11.7. The molecule has 0 radical (unpaired) electrons. The molecule has 2 heterocycles. The number of carbonyl (C=O) groups excluding carboxylic acids is 1. The number of hydrogen-bond acceptors (Lipinski definition) is 5. The summed E-state index contributed by atoms with van der Waals surface area (Å²) < 4.78 is 0. The largest absolute Gasteiger partial charge is 0.338 e. The molecule has 1 unspecified atom stereocenters. The predicted octanol–water partition coefficient (Wildman–Crippen LogP) is 2.06. The third-order valence-electron chi connectivity index (χ3n) is 4.87. The van der Waals surface area contributed by atoms with Gasteiger partial charge in [0.05, 0.1) is 10.5 Å². The van der Waals surface area contributed by atoms with Gasteiger partial charge in [-0.05, 0) is 17.9 Å². The maximum Gasteiger partial charge on any atom is 0.270 e. The number of hydrogen-bond donors (Lipinski definition) is 2. The highest BCUT2D eigenvalue weighted by molar-refractivity contribution is 6.06. The van der Waals surface area contributed by atoms with E-state index in [1.807, 2.05) is 13.8 Å². The van der Waals surface area contributed by atoms with Crippen LogP contribution in [0.15, 0.2) is 29.1 Å². The van der Waals surface area contributed by atoms with Crippen LogP contribution >= 0.6 is 12.4 Å². The molecule has 1 aromatic heterocycles. The number of amides is 1. The Labute approximate surface area is 155 Å². The maximum absolute atomic E-state index is 13.0. The number of nitro groups is 1. The highest BCUT2D eigenvalue weighted by atomic mass is 35.5. The Morgan fingerprint density at radius 1 is 1.38 bits per heavy atom. The van der Waals surface area contributed by atoms with Crippen molar-refractivity contribution in [2.75, 3.05) is 13.1 Å². The van der Waals surface area contributed by atoms with Gasteiger partial charge in [0, 0.05) is 48.2 Å². The second kappa shape index (κ2) is 7.05. The molecule has 0 spiro atoms. The van der Waals surface area contributed by atoms with Crippen LogP contribution in [0.5, 0.6) is 0 Å². The van der Waals surface area contributed by atoms with Crippen molar-refractivity contribution < 1.29 is 9.72 Å². The summed E-state index contributed by atoms with van der Waals surface area (Å²) in [5, 5.41) is 11.4. The Balaban J connectivity index is 0.00000243. The summed E-state index contributed by atoms with van der Waals surface area (Å²) in [5.74, 6) is -0.309. The number of piperidine rings is 1. The summed E-state index contributed by atoms with van der Waals surface area (Å²) in [4.78, 5) is 39.7. The molecule has 1 saturated heterocycles. The van der Waals surface area contributed by atoms with E-state index in [0.29, 0.717) is 30.4 Å². The minimum Gasteiger partial charge on any atom is -0.338 e. The molecular formula is C17H21ClN4O4. The number of nitrogens with two attached hydrogens (primary N) is 1. The van der Waals surface area contributed by atoms with E-state index in [9.17, 15) is 19.7 Å². The van der Waals surface area contributed by atoms with Gasteiger partial charge in [0.15, 0.2) is 0 Å². The number of aromatic nitrogens is 1. The summed E-state index contributed by atoms with van der Waals surface area (Å²) in [6.45, 7) is 4.96. The number of aromatic amines is 1. The lowest BCUT2D eigenvalue weighted by Crippen LogP contribution is -2.54. The molecule has 1 amide bonds. The lowest BCUT2D eigenvalue weighted by molar-refractivity contribution is -0.384. The molecular weight excluding hydrogens is 360 g/mol. The molecule has 0 bridgehead atoms. The van der Waals surface area contributed by atoms with Gasteiger partial charge in [0.25, 0.3) is 11.6 Å². The van der Waals surface area contributed by atoms with Gasteiger partial charge in [-0.3, -0.25) is 19.7 Å². The van der Waals surface area contributed by atoms with E-state index in [-0.39, 0.29) is 41.0 Å².